The molecule has 0 bridgehead atoms. The van der Waals surface area contributed by atoms with Gasteiger partial charge in [0.05, 0.1) is 10.8 Å². The van der Waals surface area contributed by atoms with E-state index in [9.17, 15) is 24.1 Å². The molecule has 3 unspecified atom stereocenters. The Morgan fingerprint density at radius 1 is 1.16 bits per heavy atom. The molecule has 0 radical (unpaired) electrons. The molecule has 0 aromatic heterocycles. The highest BCUT2D eigenvalue weighted by Gasteiger charge is 2.69. The minimum absolute atomic E-state index is 0.0659. The zero-order chi connectivity index (χ0) is 25.9. The number of ketones is 1. The van der Waals surface area contributed by atoms with Gasteiger partial charge < -0.3 is 5.32 Å². The van der Waals surface area contributed by atoms with Crippen LogP contribution in [0.3, 0.4) is 0 Å². The number of carbonyl (C=O) groups is 2. The number of rotatable bonds is 5. The zero-order valence-corrected chi connectivity index (χ0v) is 20.3. The molecule has 3 aliphatic heterocycles. The molecule has 3 heterocycles. The van der Waals surface area contributed by atoms with Gasteiger partial charge in [0.25, 0.3) is 5.69 Å². The molecule has 8 heteroatoms. The number of fused-ring (bicyclic) bond motifs is 4. The number of non-ortho nitro benzene ring substituents is 1. The van der Waals surface area contributed by atoms with Crippen LogP contribution in [0.2, 0.25) is 0 Å². The molecule has 1 N–H and O–H groups in total. The number of nitro benzene ring substituents is 1. The van der Waals surface area contributed by atoms with Gasteiger partial charge in [0.15, 0.2) is 5.78 Å². The number of hydrogen-bond donors (Lipinski definition) is 1. The van der Waals surface area contributed by atoms with Crippen molar-refractivity contribution in [2.24, 2.45) is 5.92 Å². The van der Waals surface area contributed by atoms with Crippen molar-refractivity contribution >= 4 is 23.1 Å². The van der Waals surface area contributed by atoms with Crippen LogP contribution in [0.15, 0.2) is 66.7 Å². The van der Waals surface area contributed by atoms with E-state index >= 15 is 0 Å². The maximum atomic E-state index is 14.6. The average Bonchev–Trinajstić information content (AvgIpc) is 3.57. The van der Waals surface area contributed by atoms with Crippen molar-refractivity contribution in [3.05, 3.63) is 105 Å². The Balaban J connectivity index is 1.60. The third-order valence-electron chi connectivity index (χ3n) is 8.36. The quantitative estimate of drug-likeness (QED) is 0.296. The molecule has 3 aromatic carbocycles. The van der Waals surface area contributed by atoms with E-state index in [0.717, 1.165) is 24.8 Å². The summed E-state index contributed by atoms with van der Waals surface area (Å²) in [6.45, 7) is 2.60. The highest BCUT2D eigenvalue weighted by atomic mass is 19.1. The summed E-state index contributed by atoms with van der Waals surface area (Å²) >= 11 is 0. The molecule has 0 aliphatic carbocycles. The number of hydrogen-bond acceptors (Lipinski definition) is 5. The summed E-state index contributed by atoms with van der Waals surface area (Å²) in [5.74, 6) is -2.43. The largest absolute Gasteiger partial charge is 0.324 e. The molecule has 188 valence electrons. The average molecular weight is 500 g/mol. The fourth-order valence-corrected chi connectivity index (χ4v) is 6.84. The summed E-state index contributed by atoms with van der Waals surface area (Å²) in [6.07, 6.45) is 2.36. The Morgan fingerprint density at radius 2 is 1.95 bits per heavy atom. The van der Waals surface area contributed by atoms with Gasteiger partial charge >= 0.3 is 0 Å². The first kappa shape index (κ1) is 23.5. The lowest BCUT2D eigenvalue weighted by atomic mass is 9.68. The number of nitro groups is 1. The van der Waals surface area contributed by atoms with Crippen LogP contribution < -0.4 is 5.32 Å². The van der Waals surface area contributed by atoms with E-state index in [4.69, 9.17) is 0 Å². The standard InChI is InChI=1S/C29H26FN3O4/c1-2-17-8-10-18(11-9-17)27(34)26-25(19-5-3-6-21(15-19)33(36)37)24-7-4-14-32(24)29(26)22-16-20(30)12-13-23(22)31-28(29)35/h3,5-6,8-13,15-16,24-26H,2,4,7,14H2,1H3,(H,31,35)/t24?,25?,26?,29-/m1/s1. The van der Waals surface area contributed by atoms with Crippen molar-refractivity contribution < 1.29 is 18.9 Å². The van der Waals surface area contributed by atoms with Crippen LogP contribution in [-0.4, -0.2) is 34.1 Å². The van der Waals surface area contributed by atoms with Gasteiger partial charge in [-0.25, -0.2) is 4.39 Å². The maximum Gasteiger partial charge on any atom is 0.269 e. The van der Waals surface area contributed by atoms with E-state index in [-0.39, 0.29) is 23.4 Å². The number of amides is 1. The van der Waals surface area contributed by atoms with Gasteiger partial charge in [-0.05, 0) is 55.1 Å². The van der Waals surface area contributed by atoms with Crippen LogP contribution in [0, 0.1) is 21.8 Å². The number of benzene rings is 3. The van der Waals surface area contributed by atoms with Crippen molar-refractivity contribution in [2.75, 3.05) is 11.9 Å². The monoisotopic (exact) mass is 499 g/mol. The molecule has 6 rings (SSSR count). The Bertz CT molecular complexity index is 1440. The van der Waals surface area contributed by atoms with Gasteiger partial charge in [-0.15, -0.1) is 0 Å². The van der Waals surface area contributed by atoms with Gasteiger partial charge in [-0.1, -0.05) is 43.3 Å². The minimum atomic E-state index is -1.41. The molecule has 37 heavy (non-hydrogen) atoms. The lowest BCUT2D eigenvalue weighted by Crippen LogP contribution is -2.52. The first-order chi connectivity index (χ1) is 17.9. The summed E-state index contributed by atoms with van der Waals surface area (Å²) in [4.78, 5) is 41.6. The van der Waals surface area contributed by atoms with Crippen molar-refractivity contribution in [1.29, 1.82) is 0 Å². The van der Waals surface area contributed by atoms with Crippen LogP contribution >= 0.6 is 0 Å². The van der Waals surface area contributed by atoms with Crippen molar-refractivity contribution in [1.82, 2.24) is 4.90 Å². The second-order valence-corrected chi connectivity index (χ2v) is 10.1. The second-order valence-electron chi connectivity index (χ2n) is 10.1. The number of Topliss-reactive ketones (excluding diaryl/α,β-unsaturated/α-hetero) is 1. The third kappa shape index (κ3) is 3.35. The zero-order valence-electron chi connectivity index (χ0n) is 20.3. The molecule has 2 saturated heterocycles. The summed E-state index contributed by atoms with van der Waals surface area (Å²) in [6, 6.07) is 17.7. The topological polar surface area (TPSA) is 92.5 Å². The summed E-state index contributed by atoms with van der Waals surface area (Å²) in [5, 5.41) is 14.5. The van der Waals surface area contributed by atoms with Crippen LogP contribution in [0.5, 0.6) is 0 Å². The lowest BCUT2D eigenvalue weighted by Gasteiger charge is -2.37. The smallest absolute Gasteiger partial charge is 0.269 e. The van der Waals surface area contributed by atoms with E-state index in [1.54, 1.807) is 30.3 Å². The Labute approximate surface area is 213 Å². The molecular formula is C29H26FN3O4. The van der Waals surface area contributed by atoms with Gasteiger partial charge in [-0.3, -0.25) is 24.6 Å². The Hall–Kier alpha value is -3.91. The van der Waals surface area contributed by atoms with Gasteiger partial charge in [-0.2, -0.15) is 0 Å². The van der Waals surface area contributed by atoms with Gasteiger partial charge in [0, 0.05) is 40.9 Å². The second kappa shape index (κ2) is 8.59. The van der Waals surface area contributed by atoms with Crippen LogP contribution in [-0.2, 0) is 16.8 Å². The van der Waals surface area contributed by atoms with E-state index < -0.39 is 28.1 Å². The van der Waals surface area contributed by atoms with E-state index in [1.807, 2.05) is 19.1 Å². The maximum absolute atomic E-state index is 14.6. The predicted octanol–water partition coefficient (Wildman–Crippen LogP) is 5.20. The number of aryl methyl sites for hydroxylation is 1. The van der Waals surface area contributed by atoms with Gasteiger partial charge in [0.2, 0.25) is 5.91 Å². The summed E-state index contributed by atoms with van der Waals surface area (Å²) < 4.78 is 14.6. The number of nitrogens with one attached hydrogen (secondary N) is 1. The Morgan fingerprint density at radius 3 is 2.68 bits per heavy atom. The lowest BCUT2D eigenvalue weighted by molar-refractivity contribution is -0.384. The van der Waals surface area contributed by atoms with Crippen LogP contribution in [0.1, 0.15) is 52.7 Å². The number of nitrogens with zero attached hydrogens (tertiary/aromatic N) is 2. The molecule has 3 aromatic rings. The summed E-state index contributed by atoms with van der Waals surface area (Å²) in [5.41, 5.74) is 1.68. The van der Waals surface area contributed by atoms with Crippen molar-refractivity contribution in [2.45, 2.75) is 43.7 Å². The van der Waals surface area contributed by atoms with Crippen molar-refractivity contribution in [3.8, 4) is 0 Å². The molecule has 1 spiro atoms. The highest BCUT2D eigenvalue weighted by Crippen LogP contribution is 2.61. The highest BCUT2D eigenvalue weighted by molar-refractivity contribution is 6.12. The normalized spacial score (nSPS) is 26.2. The molecule has 1 amide bonds. The predicted molar refractivity (Wildman–Crippen MR) is 136 cm³/mol. The number of carbonyl (C=O) groups excluding carboxylic acids is 2. The molecule has 3 aliphatic rings. The fraction of sp³-hybridized carbons (Fsp3) is 0.310. The minimum Gasteiger partial charge on any atom is -0.324 e. The van der Waals surface area contributed by atoms with Crippen LogP contribution in [0.4, 0.5) is 15.8 Å². The molecule has 7 nitrogen and oxygen atoms in total. The molecule has 0 saturated carbocycles. The number of anilines is 1. The first-order valence-corrected chi connectivity index (χ1v) is 12.6. The Kier molecular flexibility index (Phi) is 5.45. The SMILES string of the molecule is CCc1ccc(C(=O)C2C(c3cccc([N+](=O)[O-])c3)C3CCCN3[C@@]23C(=O)Nc2ccc(F)cc23)cc1. The molecule has 2 fully saturated rings. The molecule has 4 atom stereocenters. The van der Waals surface area contributed by atoms with E-state index in [1.165, 1.54) is 24.3 Å². The van der Waals surface area contributed by atoms with E-state index in [2.05, 4.69) is 10.2 Å². The van der Waals surface area contributed by atoms with Crippen molar-refractivity contribution in [3.63, 3.8) is 0 Å². The summed E-state index contributed by atoms with van der Waals surface area (Å²) in [7, 11) is 0. The molecular weight excluding hydrogens is 473 g/mol. The van der Waals surface area contributed by atoms with E-state index in [0.29, 0.717) is 28.9 Å². The first-order valence-electron chi connectivity index (χ1n) is 12.6. The third-order valence-corrected chi connectivity index (χ3v) is 8.36. The fourth-order valence-electron chi connectivity index (χ4n) is 6.84. The van der Waals surface area contributed by atoms with Crippen LogP contribution in [0.25, 0.3) is 0 Å². The number of halogens is 1. The van der Waals surface area contributed by atoms with Gasteiger partial charge in [0.1, 0.15) is 11.4 Å².